The molecule has 6 nitrogen and oxygen atoms in total. The summed E-state index contributed by atoms with van der Waals surface area (Å²) in [4.78, 5) is 18.4. The molecule has 2 aromatic rings. The van der Waals surface area contributed by atoms with Gasteiger partial charge in [-0.3, -0.25) is 4.79 Å². The Balaban J connectivity index is 1.77. The van der Waals surface area contributed by atoms with E-state index in [4.69, 9.17) is 23.2 Å². The number of hydrogen-bond donors (Lipinski definition) is 0. The van der Waals surface area contributed by atoms with E-state index < -0.39 is 10.0 Å². The number of nitrogens with zero attached hydrogens (tertiary/aromatic N) is 3. The number of carbonyl (C=O) groups excluding carboxylic acids is 1. The van der Waals surface area contributed by atoms with Gasteiger partial charge in [-0.25, -0.2) is 13.4 Å². The van der Waals surface area contributed by atoms with Gasteiger partial charge in [-0.2, -0.15) is 4.31 Å². The summed E-state index contributed by atoms with van der Waals surface area (Å²) in [5.41, 5.74) is 1.02. The Kier molecular flexibility index (Phi) is 6.05. The minimum Gasteiger partial charge on any atom is -0.337 e. The fourth-order valence-corrected chi connectivity index (χ4v) is 4.79. The van der Waals surface area contributed by atoms with Crippen LogP contribution in [0.25, 0.3) is 0 Å². The number of halogens is 2. The molecule has 9 heteroatoms. The van der Waals surface area contributed by atoms with Crippen LogP contribution in [-0.4, -0.2) is 54.7 Å². The van der Waals surface area contributed by atoms with Crippen molar-refractivity contribution in [2.24, 2.45) is 0 Å². The largest absolute Gasteiger partial charge is 0.337 e. The fourth-order valence-electron chi connectivity index (χ4n) is 2.96. The number of pyridine rings is 1. The van der Waals surface area contributed by atoms with E-state index in [0.29, 0.717) is 42.2 Å². The average Bonchev–Trinajstić information content (AvgIpc) is 2.90. The van der Waals surface area contributed by atoms with Crippen molar-refractivity contribution in [2.45, 2.75) is 18.2 Å². The summed E-state index contributed by atoms with van der Waals surface area (Å²) in [6, 6.07) is 8.37. The number of sulfonamides is 1. The normalized spacial score (nSPS) is 16.2. The van der Waals surface area contributed by atoms with Crippen molar-refractivity contribution in [1.29, 1.82) is 0 Å². The molecule has 1 fully saturated rings. The third-order valence-corrected chi connectivity index (χ3v) is 7.06. The van der Waals surface area contributed by atoms with Crippen molar-refractivity contribution in [2.75, 3.05) is 26.2 Å². The molecule has 27 heavy (non-hydrogen) atoms. The molecule has 0 atom stereocenters. The molecule has 1 amide bonds. The van der Waals surface area contributed by atoms with Crippen molar-refractivity contribution in [1.82, 2.24) is 14.2 Å². The van der Waals surface area contributed by atoms with Gasteiger partial charge in [0.1, 0.15) is 10.0 Å². The Morgan fingerprint density at radius 1 is 1.11 bits per heavy atom. The summed E-state index contributed by atoms with van der Waals surface area (Å²) >= 11 is 12.0. The molecule has 3 rings (SSSR count). The second-order valence-electron chi connectivity index (χ2n) is 6.31. The van der Waals surface area contributed by atoms with Gasteiger partial charge in [-0.05, 0) is 37.1 Å². The van der Waals surface area contributed by atoms with Crippen LogP contribution in [0.15, 0.2) is 41.4 Å². The molecule has 1 aromatic heterocycles. The topological polar surface area (TPSA) is 70.6 Å². The minimum absolute atomic E-state index is 0.107. The van der Waals surface area contributed by atoms with E-state index in [1.807, 2.05) is 0 Å². The van der Waals surface area contributed by atoms with Crippen molar-refractivity contribution in [3.63, 3.8) is 0 Å². The van der Waals surface area contributed by atoms with Gasteiger partial charge in [0.25, 0.3) is 5.91 Å². The first-order chi connectivity index (χ1) is 12.8. The Bertz CT molecular complexity index is 966. The first-order valence-corrected chi connectivity index (χ1v) is 10.7. The third-order valence-electron chi connectivity index (χ3n) is 4.47. The first-order valence-electron chi connectivity index (χ1n) is 8.47. The monoisotopic (exact) mass is 427 g/mol. The van der Waals surface area contributed by atoms with Crippen LogP contribution in [-0.2, 0) is 10.0 Å². The highest BCUT2D eigenvalue weighted by molar-refractivity contribution is 7.89. The van der Waals surface area contributed by atoms with Crippen molar-refractivity contribution in [3.05, 3.63) is 57.8 Å². The van der Waals surface area contributed by atoms with Crippen molar-refractivity contribution >= 4 is 39.1 Å². The van der Waals surface area contributed by atoms with Gasteiger partial charge in [0.15, 0.2) is 0 Å². The standard InChI is InChI=1S/C18H19Cl2N3O3S/c1-13-11-14(12-21-17(13)20)27(25,26)23-8-4-7-22(9-10-23)18(24)15-5-2-3-6-16(15)19/h2-3,5-6,11-12H,4,7-10H2,1H3. The van der Waals surface area contributed by atoms with Crippen molar-refractivity contribution in [3.8, 4) is 0 Å². The smallest absolute Gasteiger partial charge is 0.255 e. The van der Waals surface area contributed by atoms with Crippen LogP contribution >= 0.6 is 23.2 Å². The van der Waals surface area contributed by atoms with E-state index in [1.54, 1.807) is 36.1 Å². The maximum Gasteiger partial charge on any atom is 0.255 e. The van der Waals surface area contributed by atoms with Crippen LogP contribution in [0.2, 0.25) is 10.2 Å². The highest BCUT2D eigenvalue weighted by Crippen LogP contribution is 2.22. The average molecular weight is 428 g/mol. The van der Waals surface area contributed by atoms with Gasteiger partial charge >= 0.3 is 0 Å². The summed E-state index contributed by atoms with van der Waals surface area (Å²) in [6.45, 7) is 3.01. The van der Waals surface area contributed by atoms with E-state index in [0.717, 1.165) is 0 Å². The molecule has 0 unspecified atom stereocenters. The van der Waals surface area contributed by atoms with E-state index in [-0.39, 0.29) is 22.5 Å². The van der Waals surface area contributed by atoms with Gasteiger partial charge in [0.05, 0.1) is 10.6 Å². The molecule has 144 valence electrons. The molecule has 0 saturated carbocycles. The van der Waals surface area contributed by atoms with Gasteiger partial charge < -0.3 is 4.90 Å². The quantitative estimate of drug-likeness (QED) is 0.704. The lowest BCUT2D eigenvalue weighted by molar-refractivity contribution is 0.0764. The predicted octanol–water partition coefficient (Wildman–Crippen LogP) is 3.23. The van der Waals surface area contributed by atoms with Crippen LogP contribution in [0, 0.1) is 6.92 Å². The lowest BCUT2D eigenvalue weighted by Gasteiger charge is -2.22. The molecule has 0 radical (unpaired) electrons. The zero-order valence-corrected chi connectivity index (χ0v) is 17.1. The van der Waals surface area contributed by atoms with Crippen LogP contribution in [0.4, 0.5) is 0 Å². The van der Waals surface area contributed by atoms with Crippen LogP contribution in [0.1, 0.15) is 22.3 Å². The number of rotatable bonds is 3. The van der Waals surface area contributed by atoms with E-state index in [9.17, 15) is 13.2 Å². The molecule has 0 spiro atoms. The van der Waals surface area contributed by atoms with Gasteiger partial charge in [0, 0.05) is 32.4 Å². The van der Waals surface area contributed by atoms with E-state index in [1.165, 1.54) is 16.6 Å². The number of benzene rings is 1. The Hall–Kier alpha value is -1.67. The SMILES string of the molecule is Cc1cc(S(=O)(=O)N2CCCN(C(=O)c3ccccc3Cl)CC2)cnc1Cl. The van der Waals surface area contributed by atoms with Gasteiger partial charge in [-0.15, -0.1) is 0 Å². The van der Waals surface area contributed by atoms with Crippen LogP contribution < -0.4 is 0 Å². The molecule has 0 aliphatic carbocycles. The molecule has 1 aliphatic rings. The molecule has 1 aliphatic heterocycles. The zero-order valence-electron chi connectivity index (χ0n) is 14.7. The fraction of sp³-hybridized carbons (Fsp3) is 0.333. The number of aromatic nitrogens is 1. The molecule has 2 heterocycles. The molecule has 1 aromatic carbocycles. The maximum absolute atomic E-state index is 12.9. The molecule has 0 N–H and O–H groups in total. The van der Waals surface area contributed by atoms with Crippen LogP contribution in [0.5, 0.6) is 0 Å². The summed E-state index contributed by atoms with van der Waals surface area (Å²) < 4.78 is 27.2. The highest BCUT2D eigenvalue weighted by Gasteiger charge is 2.29. The Morgan fingerprint density at radius 3 is 2.56 bits per heavy atom. The Labute approximate surface area is 168 Å². The van der Waals surface area contributed by atoms with Crippen LogP contribution in [0.3, 0.4) is 0 Å². The predicted molar refractivity (Wildman–Crippen MR) is 105 cm³/mol. The summed E-state index contributed by atoms with van der Waals surface area (Å²) in [7, 11) is -3.70. The second kappa shape index (κ2) is 8.14. The molecular formula is C18H19Cl2N3O3S. The van der Waals surface area contributed by atoms with E-state index >= 15 is 0 Å². The van der Waals surface area contributed by atoms with Gasteiger partial charge in [-0.1, -0.05) is 35.3 Å². The van der Waals surface area contributed by atoms with Gasteiger partial charge in [0.2, 0.25) is 10.0 Å². The first kappa shape index (κ1) is 20.1. The summed E-state index contributed by atoms with van der Waals surface area (Å²) in [5, 5.41) is 0.667. The maximum atomic E-state index is 12.9. The second-order valence-corrected chi connectivity index (χ2v) is 9.01. The molecule has 0 bridgehead atoms. The number of aryl methyl sites for hydroxylation is 1. The highest BCUT2D eigenvalue weighted by atomic mass is 35.5. The summed E-state index contributed by atoms with van der Waals surface area (Å²) in [5.74, 6) is -0.191. The van der Waals surface area contributed by atoms with Crippen molar-refractivity contribution < 1.29 is 13.2 Å². The zero-order chi connectivity index (χ0) is 19.6. The molecular weight excluding hydrogens is 409 g/mol. The number of carbonyl (C=O) groups is 1. The summed E-state index contributed by atoms with van der Waals surface area (Å²) in [6.07, 6.45) is 1.80. The molecule has 1 saturated heterocycles. The lowest BCUT2D eigenvalue weighted by Crippen LogP contribution is -2.37. The number of hydrogen-bond acceptors (Lipinski definition) is 4. The minimum atomic E-state index is -3.70. The van der Waals surface area contributed by atoms with E-state index in [2.05, 4.69) is 4.98 Å². The number of amides is 1. The lowest BCUT2D eigenvalue weighted by atomic mass is 10.2. The third kappa shape index (κ3) is 4.27. The Morgan fingerprint density at radius 2 is 1.85 bits per heavy atom.